The molecule has 3 N–H and O–H groups in total. The van der Waals surface area contributed by atoms with E-state index in [9.17, 15) is 19.2 Å². The minimum absolute atomic E-state index is 0.0944. The fourth-order valence-corrected chi connectivity index (χ4v) is 5.45. The van der Waals surface area contributed by atoms with Gasteiger partial charge in [0.05, 0.1) is 6.61 Å². The van der Waals surface area contributed by atoms with Gasteiger partial charge in [-0.2, -0.15) is 0 Å². The molecule has 1 aromatic carbocycles. The predicted octanol–water partition coefficient (Wildman–Crippen LogP) is 3.09. The molecular weight excluding hydrogens is 460 g/mol. The SMILES string of the molecule is Cc1cc(Cl)ccc1OCCCC(=O)NNC(=O)CN1C(=O)NC2(CC(C)CC(C)(C)C2)C1=O. The number of imide groups is 1. The van der Waals surface area contributed by atoms with Gasteiger partial charge in [-0.15, -0.1) is 0 Å². The third kappa shape index (κ3) is 6.20. The summed E-state index contributed by atoms with van der Waals surface area (Å²) in [4.78, 5) is 50.8. The van der Waals surface area contributed by atoms with Gasteiger partial charge in [0.2, 0.25) is 5.91 Å². The van der Waals surface area contributed by atoms with Crippen molar-refractivity contribution in [3.8, 4) is 5.75 Å². The Labute approximate surface area is 204 Å². The number of nitrogens with zero attached hydrogens (tertiary/aromatic N) is 1. The van der Waals surface area contributed by atoms with Gasteiger partial charge in [0, 0.05) is 11.4 Å². The van der Waals surface area contributed by atoms with Gasteiger partial charge < -0.3 is 10.1 Å². The Morgan fingerprint density at radius 2 is 1.91 bits per heavy atom. The van der Waals surface area contributed by atoms with Crippen molar-refractivity contribution in [2.45, 2.75) is 65.3 Å². The van der Waals surface area contributed by atoms with Crippen molar-refractivity contribution in [1.82, 2.24) is 21.1 Å². The van der Waals surface area contributed by atoms with E-state index in [1.54, 1.807) is 18.2 Å². The van der Waals surface area contributed by atoms with E-state index in [2.05, 4.69) is 36.9 Å². The molecule has 1 spiro atoms. The third-order valence-electron chi connectivity index (χ3n) is 6.21. The largest absolute Gasteiger partial charge is 0.493 e. The third-order valence-corrected chi connectivity index (χ3v) is 6.45. The molecule has 0 radical (unpaired) electrons. The number of amides is 5. The van der Waals surface area contributed by atoms with Crippen LogP contribution in [0.2, 0.25) is 5.02 Å². The van der Waals surface area contributed by atoms with Crippen LogP contribution in [0, 0.1) is 18.3 Å². The number of carbonyl (C=O) groups excluding carboxylic acids is 4. The van der Waals surface area contributed by atoms with Crippen molar-refractivity contribution >= 4 is 35.4 Å². The molecule has 9 nitrogen and oxygen atoms in total. The van der Waals surface area contributed by atoms with Gasteiger partial charge in [-0.25, -0.2) is 4.79 Å². The molecular formula is C24H33ClN4O5. The van der Waals surface area contributed by atoms with E-state index in [0.29, 0.717) is 36.6 Å². The zero-order chi connectivity index (χ0) is 25.1. The average molecular weight is 493 g/mol. The molecule has 3 rings (SSSR count). The van der Waals surface area contributed by atoms with Gasteiger partial charge in [0.15, 0.2) is 0 Å². The van der Waals surface area contributed by atoms with Gasteiger partial charge in [-0.05, 0) is 67.7 Å². The van der Waals surface area contributed by atoms with Crippen molar-refractivity contribution in [1.29, 1.82) is 0 Å². The molecule has 2 fully saturated rings. The summed E-state index contributed by atoms with van der Waals surface area (Å²) in [5.41, 5.74) is 4.42. The molecule has 186 valence electrons. The summed E-state index contributed by atoms with van der Waals surface area (Å²) < 4.78 is 5.64. The molecule has 0 aromatic heterocycles. The minimum atomic E-state index is -0.968. The average Bonchev–Trinajstić information content (AvgIpc) is 2.92. The Hall–Kier alpha value is -2.81. The van der Waals surface area contributed by atoms with Crippen molar-refractivity contribution in [3.05, 3.63) is 28.8 Å². The lowest BCUT2D eigenvalue weighted by Gasteiger charge is -2.43. The molecule has 10 heteroatoms. The van der Waals surface area contributed by atoms with Crippen LogP contribution in [0.5, 0.6) is 5.75 Å². The first kappa shape index (κ1) is 25.8. The number of carbonyl (C=O) groups is 4. The zero-order valence-electron chi connectivity index (χ0n) is 20.1. The molecule has 1 saturated carbocycles. The van der Waals surface area contributed by atoms with E-state index in [4.69, 9.17) is 16.3 Å². The van der Waals surface area contributed by atoms with Gasteiger partial charge in [0.25, 0.3) is 11.8 Å². The maximum atomic E-state index is 13.1. The first-order valence-electron chi connectivity index (χ1n) is 11.5. The Balaban J connectivity index is 1.41. The fraction of sp³-hybridized carbons (Fsp3) is 0.583. The van der Waals surface area contributed by atoms with Crippen LogP contribution in [0.25, 0.3) is 0 Å². The Kier molecular flexibility index (Phi) is 7.75. The summed E-state index contributed by atoms with van der Waals surface area (Å²) in [5.74, 6) is -0.464. The molecule has 5 amide bonds. The topological polar surface area (TPSA) is 117 Å². The standard InChI is InChI=1S/C24H33ClN4O5/c1-15-11-23(3,4)14-24(12-15)21(32)29(22(33)26-24)13-20(31)28-27-19(30)6-5-9-34-18-8-7-17(25)10-16(18)2/h7-8,10,15H,5-6,9,11-14H2,1-4H3,(H,26,33)(H,27,30)(H,28,31). The molecule has 1 aliphatic carbocycles. The van der Waals surface area contributed by atoms with E-state index in [0.717, 1.165) is 16.9 Å². The second kappa shape index (κ2) is 10.2. The number of hydrogen-bond acceptors (Lipinski definition) is 5. The molecule has 1 heterocycles. The molecule has 1 aliphatic heterocycles. The number of nitrogens with one attached hydrogen (secondary N) is 3. The minimum Gasteiger partial charge on any atom is -0.493 e. The molecule has 34 heavy (non-hydrogen) atoms. The van der Waals surface area contributed by atoms with Crippen molar-refractivity contribution in [2.24, 2.45) is 11.3 Å². The van der Waals surface area contributed by atoms with Crippen molar-refractivity contribution < 1.29 is 23.9 Å². The van der Waals surface area contributed by atoms with Gasteiger partial charge in [-0.1, -0.05) is 32.4 Å². The quantitative estimate of drug-likeness (QED) is 0.307. The van der Waals surface area contributed by atoms with Crippen LogP contribution in [0.1, 0.15) is 58.4 Å². The first-order chi connectivity index (χ1) is 15.9. The molecule has 2 atom stereocenters. The number of hydrogen-bond donors (Lipinski definition) is 3. The molecule has 1 aromatic rings. The van der Waals surface area contributed by atoms with Crippen LogP contribution in [-0.2, 0) is 14.4 Å². The highest BCUT2D eigenvalue weighted by Crippen LogP contribution is 2.46. The Bertz CT molecular complexity index is 982. The lowest BCUT2D eigenvalue weighted by atomic mass is 9.64. The van der Waals surface area contributed by atoms with Crippen LogP contribution in [0.15, 0.2) is 18.2 Å². The summed E-state index contributed by atoms with van der Waals surface area (Å²) in [6, 6.07) is 4.72. The number of aryl methyl sites for hydroxylation is 1. The highest BCUT2D eigenvalue weighted by Gasteiger charge is 2.56. The van der Waals surface area contributed by atoms with Crippen molar-refractivity contribution in [3.63, 3.8) is 0 Å². The summed E-state index contributed by atoms with van der Waals surface area (Å²) in [6.07, 6.45) is 2.61. The molecule has 1 saturated heterocycles. The van der Waals surface area contributed by atoms with Crippen LogP contribution < -0.4 is 20.9 Å². The van der Waals surface area contributed by atoms with Gasteiger partial charge >= 0.3 is 6.03 Å². The summed E-state index contributed by atoms with van der Waals surface area (Å²) in [7, 11) is 0. The van der Waals surface area contributed by atoms with E-state index < -0.39 is 29.9 Å². The number of halogens is 1. The first-order valence-corrected chi connectivity index (χ1v) is 11.9. The van der Waals surface area contributed by atoms with Crippen molar-refractivity contribution in [2.75, 3.05) is 13.2 Å². The second-order valence-electron chi connectivity index (χ2n) is 10.2. The number of rotatable bonds is 7. The number of urea groups is 1. The van der Waals surface area contributed by atoms with Crippen LogP contribution in [0.3, 0.4) is 0 Å². The lowest BCUT2D eigenvalue weighted by molar-refractivity contribution is -0.138. The van der Waals surface area contributed by atoms with E-state index in [-0.39, 0.29) is 23.7 Å². The summed E-state index contributed by atoms with van der Waals surface area (Å²) in [6.45, 7) is 7.97. The van der Waals surface area contributed by atoms with Crippen LogP contribution in [0.4, 0.5) is 4.79 Å². The number of ether oxygens (including phenoxy) is 1. The fourth-order valence-electron chi connectivity index (χ4n) is 5.22. The van der Waals surface area contributed by atoms with E-state index >= 15 is 0 Å². The Morgan fingerprint density at radius 3 is 2.59 bits per heavy atom. The highest BCUT2D eigenvalue weighted by molar-refractivity contribution is 6.30. The Morgan fingerprint density at radius 1 is 1.21 bits per heavy atom. The highest BCUT2D eigenvalue weighted by atomic mass is 35.5. The van der Waals surface area contributed by atoms with Crippen LogP contribution in [-0.4, -0.2) is 47.3 Å². The normalized spacial score (nSPS) is 23.6. The van der Waals surface area contributed by atoms with E-state index in [1.807, 2.05) is 6.92 Å². The maximum Gasteiger partial charge on any atom is 0.325 e. The smallest absolute Gasteiger partial charge is 0.325 e. The number of hydrazine groups is 1. The lowest BCUT2D eigenvalue weighted by Crippen LogP contribution is -2.54. The monoisotopic (exact) mass is 492 g/mol. The van der Waals surface area contributed by atoms with Gasteiger partial charge in [0.1, 0.15) is 17.8 Å². The maximum absolute atomic E-state index is 13.1. The second-order valence-corrected chi connectivity index (χ2v) is 10.7. The van der Waals surface area contributed by atoms with Gasteiger partial charge in [-0.3, -0.25) is 30.1 Å². The molecule has 2 aliphatic rings. The molecule has 0 bridgehead atoms. The van der Waals surface area contributed by atoms with Crippen LogP contribution >= 0.6 is 11.6 Å². The summed E-state index contributed by atoms with van der Waals surface area (Å²) >= 11 is 5.92. The molecule has 2 unspecified atom stereocenters. The predicted molar refractivity (Wildman–Crippen MR) is 127 cm³/mol. The zero-order valence-corrected chi connectivity index (χ0v) is 20.9. The number of benzene rings is 1. The van der Waals surface area contributed by atoms with E-state index in [1.165, 1.54) is 0 Å². The summed E-state index contributed by atoms with van der Waals surface area (Å²) in [5, 5.41) is 3.45.